The Kier molecular flexibility index (Phi) is 4.54. The van der Waals surface area contributed by atoms with Gasteiger partial charge in [-0.3, -0.25) is 0 Å². The van der Waals surface area contributed by atoms with Gasteiger partial charge in [0, 0.05) is 12.1 Å². The normalized spacial score (nSPS) is 18.7. The molecule has 0 aliphatic carbocycles. The molecule has 0 saturated carbocycles. The van der Waals surface area contributed by atoms with Crippen molar-refractivity contribution in [1.82, 2.24) is 0 Å². The molecule has 108 valence electrons. The number of halogens is 1. The maximum atomic E-state index is 14.2. The smallest absolute Gasteiger partial charge is 0.328 e. The Morgan fingerprint density at radius 1 is 1.50 bits per heavy atom. The number of hydrogen-bond acceptors (Lipinski definition) is 4. The third-order valence-electron chi connectivity index (χ3n) is 3.52. The van der Waals surface area contributed by atoms with E-state index < -0.39 is 11.9 Å². The van der Waals surface area contributed by atoms with Crippen LogP contribution in [-0.2, 0) is 9.53 Å². The number of methoxy groups -OCH3 is 1. The Labute approximate surface area is 122 Å². The van der Waals surface area contributed by atoms with Crippen molar-refractivity contribution < 1.29 is 13.9 Å². The Morgan fingerprint density at radius 2 is 2.25 bits per heavy atom. The molecule has 1 aliphatic heterocycles. The summed E-state index contributed by atoms with van der Waals surface area (Å²) < 4.78 is 19.0. The van der Waals surface area contributed by atoms with Gasteiger partial charge in [-0.05, 0) is 37.5 Å². The largest absolute Gasteiger partial charge is 0.467 e. The van der Waals surface area contributed by atoms with Gasteiger partial charge in [0.05, 0.1) is 12.8 Å². The van der Waals surface area contributed by atoms with Crippen LogP contribution < -0.4 is 10.6 Å². The van der Waals surface area contributed by atoms with E-state index in [0.29, 0.717) is 24.2 Å². The summed E-state index contributed by atoms with van der Waals surface area (Å²) in [6.07, 6.45) is 2.52. The van der Waals surface area contributed by atoms with E-state index in [0.717, 1.165) is 12.8 Å². The molecule has 1 unspecified atom stereocenters. The summed E-state index contributed by atoms with van der Waals surface area (Å²) in [6.45, 7) is 0.628. The van der Waals surface area contributed by atoms with Crippen LogP contribution in [0.25, 0.3) is 0 Å². The topological polar surface area (TPSA) is 55.6 Å². The fourth-order valence-corrected chi connectivity index (χ4v) is 2.62. The molecule has 4 nitrogen and oxygen atoms in total. The Balaban J connectivity index is 2.32. The van der Waals surface area contributed by atoms with Crippen LogP contribution in [-0.4, -0.2) is 30.7 Å². The zero-order valence-electron chi connectivity index (χ0n) is 11.3. The molecule has 2 rings (SSSR count). The van der Waals surface area contributed by atoms with Crippen molar-refractivity contribution in [2.75, 3.05) is 18.6 Å². The quantitative estimate of drug-likeness (QED) is 0.683. The van der Waals surface area contributed by atoms with E-state index in [9.17, 15) is 9.18 Å². The summed E-state index contributed by atoms with van der Waals surface area (Å²) in [5.74, 6) is -0.756. The maximum absolute atomic E-state index is 14.2. The fourth-order valence-electron chi connectivity index (χ4n) is 2.49. The third kappa shape index (κ3) is 2.90. The molecule has 0 bridgehead atoms. The van der Waals surface area contributed by atoms with E-state index in [4.69, 9.17) is 22.7 Å². The van der Waals surface area contributed by atoms with E-state index in [1.54, 1.807) is 17.0 Å². The molecule has 0 aromatic heterocycles. The van der Waals surface area contributed by atoms with Gasteiger partial charge in [0.25, 0.3) is 0 Å². The summed E-state index contributed by atoms with van der Waals surface area (Å²) >= 11 is 4.83. The number of hydrogen-bond donors (Lipinski definition) is 1. The van der Waals surface area contributed by atoms with Crippen LogP contribution in [0.5, 0.6) is 0 Å². The number of rotatable bonds is 3. The molecular formula is C14H17FN2O2S. The number of esters is 1. The molecule has 1 saturated heterocycles. The minimum Gasteiger partial charge on any atom is -0.467 e. The van der Waals surface area contributed by atoms with E-state index >= 15 is 0 Å². The maximum Gasteiger partial charge on any atom is 0.328 e. The number of carbonyl (C=O) groups excluding carboxylic acids is 1. The van der Waals surface area contributed by atoms with Crippen molar-refractivity contribution in [3.63, 3.8) is 0 Å². The fraction of sp³-hybridized carbons (Fsp3) is 0.429. The predicted octanol–water partition coefficient (Wildman–Crippen LogP) is 1.99. The number of carbonyl (C=O) groups is 1. The number of ether oxygens (including phenoxy) is 1. The molecule has 2 N–H and O–H groups in total. The van der Waals surface area contributed by atoms with Gasteiger partial charge in [0.2, 0.25) is 0 Å². The molecule has 1 aliphatic rings. The zero-order chi connectivity index (χ0) is 14.7. The Hall–Kier alpha value is -1.69. The highest BCUT2D eigenvalue weighted by molar-refractivity contribution is 7.80. The van der Waals surface area contributed by atoms with Gasteiger partial charge in [0.1, 0.15) is 16.8 Å². The SMILES string of the molecule is COC(=O)C1CCCCN1c1ccc(C(N)=S)cc1F. The Bertz CT molecular complexity index is 536. The molecule has 0 amide bonds. The molecular weight excluding hydrogens is 279 g/mol. The highest BCUT2D eigenvalue weighted by atomic mass is 32.1. The average molecular weight is 296 g/mol. The second kappa shape index (κ2) is 6.17. The standard InChI is InChI=1S/C14H17FN2O2S/c1-19-14(18)12-4-2-3-7-17(12)11-6-5-9(13(16)20)8-10(11)15/h5-6,8,12H,2-4,7H2,1H3,(H2,16,20). The number of benzene rings is 1. The number of nitrogens with zero attached hydrogens (tertiary/aromatic N) is 1. The summed E-state index contributed by atoms with van der Waals surface area (Å²) in [5, 5.41) is 0. The number of piperidine rings is 1. The lowest BCUT2D eigenvalue weighted by molar-refractivity contribution is -0.142. The van der Waals surface area contributed by atoms with Crippen molar-refractivity contribution >= 4 is 28.9 Å². The Morgan fingerprint density at radius 3 is 2.85 bits per heavy atom. The van der Waals surface area contributed by atoms with Crippen molar-refractivity contribution in [1.29, 1.82) is 0 Å². The molecule has 6 heteroatoms. The summed E-state index contributed by atoms with van der Waals surface area (Å²) in [6, 6.07) is 4.16. The van der Waals surface area contributed by atoms with Crippen molar-refractivity contribution in [3.8, 4) is 0 Å². The summed E-state index contributed by atoms with van der Waals surface area (Å²) in [5.41, 5.74) is 6.35. The lowest BCUT2D eigenvalue weighted by atomic mass is 10.0. The molecule has 20 heavy (non-hydrogen) atoms. The van der Waals surface area contributed by atoms with Crippen molar-refractivity contribution in [2.45, 2.75) is 25.3 Å². The summed E-state index contributed by atoms with van der Waals surface area (Å²) in [4.78, 5) is 13.7. The van der Waals surface area contributed by atoms with Gasteiger partial charge >= 0.3 is 5.97 Å². The molecule has 1 aromatic carbocycles. The molecule has 0 spiro atoms. The predicted molar refractivity (Wildman–Crippen MR) is 79.3 cm³/mol. The van der Waals surface area contributed by atoms with Crippen LogP contribution in [0.1, 0.15) is 24.8 Å². The molecule has 1 heterocycles. The van der Waals surface area contributed by atoms with Crippen LogP contribution >= 0.6 is 12.2 Å². The first kappa shape index (κ1) is 14.7. The second-order valence-corrected chi connectivity index (χ2v) is 5.20. The minimum atomic E-state index is -0.432. The number of anilines is 1. The highest BCUT2D eigenvalue weighted by Crippen LogP contribution is 2.28. The molecule has 0 radical (unpaired) electrons. The van der Waals surface area contributed by atoms with E-state index in [1.807, 2.05) is 0 Å². The number of thiocarbonyl (C=S) groups is 1. The van der Waals surface area contributed by atoms with Gasteiger partial charge in [-0.2, -0.15) is 0 Å². The van der Waals surface area contributed by atoms with Crippen molar-refractivity contribution in [2.24, 2.45) is 5.73 Å². The second-order valence-electron chi connectivity index (χ2n) is 4.76. The first-order chi connectivity index (χ1) is 9.54. The first-order valence-electron chi connectivity index (χ1n) is 6.48. The zero-order valence-corrected chi connectivity index (χ0v) is 12.1. The van der Waals surface area contributed by atoms with Gasteiger partial charge < -0.3 is 15.4 Å². The van der Waals surface area contributed by atoms with E-state index in [1.165, 1.54) is 13.2 Å². The van der Waals surface area contributed by atoms with E-state index in [2.05, 4.69) is 0 Å². The van der Waals surface area contributed by atoms with Gasteiger partial charge in [0.15, 0.2) is 0 Å². The van der Waals surface area contributed by atoms with Crippen LogP contribution in [0.3, 0.4) is 0 Å². The molecule has 1 aromatic rings. The molecule has 1 fully saturated rings. The van der Waals surface area contributed by atoms with E-state index in [-0.39, 0.29) is 11.0 Å². The van der Waals surface area contributed by atoms with Crippen LogP contribution in [0.2, 0.25) is 0 Å². The highest BCUT2D eigenvalue weighted by Gasteiger charge is 2.31. The lowest BCUT2D eigenvalue weighted by Crippen LogP contribution is -2.45. The van der Waals surface area contributed by atoms with Crippen LogP contribution in [0, 0.1) is 5.82 Å². The summed E-state index contributed by atoms with van der Waals surface area (Å²) in [7, 11) is 1.35. The van der Waals surface area contributed by atoms with Crippen LogP contribution in [0.15, 0.2) is 18.2 Å². The number of nitrogens with two attached hydrogens (primary N) is 1. The minimum absolute atomic E-state index is 0.151. The van der Waals surface area contributed by atoms with Gasteiger partial charge in [-0.15, -0.1) is 0 Å². The molecule has 1 atom stereocenters. The lowest BCUT2D eigenvalue weighted by Gasteiger charge is -2.35. The monoisotopic (exact) mass is 296 g/mol. The van der Waals surface area contributed by atoms with Gasteiger partial charge in [-0.25, -0.2) is 9.18 Å². The third-order valence-corrected chi connectivity index (χ3v) is 3.75. The van der Waals surface area contributed by atoms with Gasteiger partial charge in [-0.1, -0.05) is 12.2 Å². The van der Waals surface area contributed by atoms with Crippen molar-refractivity contribution in [3.05, 3.63) is 29.6 Å². The van der Waals surface area contributed by atoms with Crippen LogP contribution in [0.4, 0.5) is 10.1 Å². The average Bonchev–Trinajstić information content (AvgIpc) is 2.46. The first-order valence-corrected chi connectivity index (χ1v) is 6.89.